The Morgan fingerprint density at radius 2 is 2.00 bits per heavy atom. The van der Waals surface area contributed by atoms with Gasteiger partial charge in [-0.3, -0.25) is 4.79 Å². The van der Waals surface area contributed by atoms with Crippen LogP contribution in [0.3, 0.4) is 0 Å². The molecule has 0 saturated carbocycles. The van der Waals surface area contributed by atoms with E-state index in [-0.39, 0.29) is 12.5 Å². The van der Waals surface area contributed by atoms with Gasteiger partial charge in [0.25, 0.3) is 5.91 Å². The first kappa shape index (κ1) is 18.9. The second-order valence-corrected chi connectivity index (χ2v) is 7.65. The number of halogens is 1. The first-order valence-corrected chi connectivity index (χ1v) is 9.70. The van der Waals surface area contributed by atoms with E-state index in [1.807, 2.05) is 48.7 Å². The molecule has 1 aliphatic heterocycles. The summed E-state index contributed by atoms with van der Waals surface area (Å²) in [5.74, 6) is -0.298. The van der Waals surface area contributed by atoms with Gasteiger partial charge < -0.3 is 15.2 Å². The molecule has 1 fully saturated rings. The molecule has 0 spiro atoms. The summed E-state index contributed by atoms with van der Waals surface area (Å²) in [6.45, 7) is 1.20. The Hall–Kier alpha value is -2.41. The van der Waals surface area contributed by atoms with E-state index in [4.69, 9.17) is 16.3 Å². The zero-order valence-corrected chi connectivity index (χ0v) is 16.2. The Balaban J connectivity index is 1.55. The summed E-state index contributed by atoms with van der Waals surface area (Å²) in [5, 5.41) is 18.5. The number of carbonyl (C=O) groups excluding carboxylic acids is 1. The van der Waals surface area contributed by atoms with Crippen molar-refractivity contribution in [3.63, 3.8) is 0 Å². The lowest BCUT2D eigenvalue weighted by Crippen LogP contribution is -2.46. The van der Waals surface area contributed by atoms with Crippen molar-refractivity contribution in [1.82, 2.24) is 14.9 Å². The second-order valence-electron chi connectivity index (χ2n) is 7.22. The molecule has 28 heavy (non-hydrogen) atoms. The highest BCUT2D eigenvalue weighted by atomic mass is 35.5. The van der Waals surface area contributed by atoms with Crippen molar-refractivity contribution in [1.29, 1.82) is 0 Å². The van der Waals surface area contributed by atoms with E-state index in [0.717, 1.165) is 16.6 Å². The number of amides is 1. The van der Waals surface area contributed by atoms with Gasteiger partial charge in [-0.1, -0.05) is 23.7 Å². The van der Waals surface area contributed by atoms with Crippen molar-refractivity contribution in [2.45, 2.75) is 24.9 Å². The highest BCUT2D eigenvalue weighted by molar-refractivity contribution is 6.30. The van der Waals surface area contributed by atoms with Gasteiger partial charge in [0.05, 0.1) is 11.1 Å². The molecular formula is C21H22ClN3O3. The zero-order chi connectivity index (χ0) is 19.6. The maximum absolute atomic E-state index is 12.7. The molecule has 0 radical (unpaired) electrons. The first-order chi connectivity index (χ1) is 13.5. The average molecular weight is 400 g/mol. The summed E-state index contributed by atoms with van der Waals surface area (Å²) in [4.78, 5) is 12.7. The highest BCUT2D eigenvalue weighted by Crippen LogP contribution is 2.21. The topological polar surface area (TPSA) is 75.9 Å². The largest absolute Gasteiger partial charge is 0.388 e. The van der Waals surface area contributed by atoms with E-state index in [9.17, 15) is 9.90 Å². The van der Waals surface area contributed by atoms with Gasteiger partial charge in [-0.05, 0) is 47.9 Å². The van der Waals surface area contributed by atoms with Crippen molar-refractivity contribution in [2.75, 3.05) is 19.8 Å². The lowest BCUT2D eigenvalue weighted by molar-refractivity contribution is -0.0605. The molecule has 2 aromatic heterocycles. The minimum absolute atomic E-state index is 0.188. The fraction of sp³-hybridized carbons (Fsp3) is 0.333. The minimum Gasteiger partial charge on any atom is -0.388 e. The number of ether oxygens (including phenoxy) is 1. The van der Waals surface area contributed by atoms with Crippen molar-refractivity contribution < 1.29 is 14.6 Å². The number of aliphatic hydroxyl groups is 1. The van der Waals surface area contributed by atoms with E-state index in [0.29, 0.717) is 43.2 Å². The molecule has 3 aromatic rings. The van der Waals surface area contributed by atoms with Crippen LogP contribution in [0.15, 0.2) is 48.7 Å². The predicted molar refractivity (Wildman–Crippen MR) is 107 cm³/mol. The van der Waals surface area contributed by atoms with Crippen molar-refractivity contribution in [2.24, 2.45) is 0 Å². The second kappa shape index (κ2) is 7.91. The third-order valence-corrected chi connectivity index (χ3v) is 5.38. The van der Waals surface area contributed by atoms with Gasteiger partial charge in [0.1, 0.15) is 5.69 Å². The van der Waals surface area contributed by atoms with E-state index in [2.05, 4.69) is 10.4 Å². The molecule has 3 heterocycles. The van der Waals surface area contributed by atoms with Crippen molar-refractivity contribution in [3.05, 3.63) is 70.5 Å². The standard InChI is InChI=1S/C21H22ClN3O3/c22-17-5-3-15(4-6-17)12-16-13-18(24-25-9-1-2-19(16)25)20(26)23-14-21(27)7-10-28-11-8-21/h1-6,9,13,27H,7-8,10-12,14H2,(H,23,26). The van der Waals surface area contributed by atoms with Gasteiger partial charge in [0.2, 0.25) is 0 Å². The predicted octanol–water partition coefficient (Wildman–Crippen LogP) is 2.85. The quantitative estimate of drug-likeness (QED) is 0.691. The minimum atomic E-state index is -0.919. The summed E-state index contributed by atoms with van der Waals surface area (Å²) < 4.78 is 6.99. The zero-order valence-electron chi connectivity index (χ0n) is 15.4. The van der Waals surface area contributed by atoms with Crippen molar-refractivity contribution in [3.8, 4) is 0 Å². The Morgan fingerprint density at radius 3 is 2.75 bits per heavy atom. The summed E-state index contributed by atoms with van der Waals surface area (Å²) in [6.07, 6.45) is 3.51. The third kappa shape index (κ3) is 4.19. The Morgan fingerprint density at radius 1 is 1.25 bits per heavy atom. The first-order valence-electron chi connectivity index (χ1n) is 9.32. The van der Waals surface area contributed by atoms with Gasteiger partial charge in [0.15, 0.2) is 0 Å². The summed E-state index contributed by atoms with van der Waals surface area (Å²) in [6, 6.07) is 13.4. The van der Waals surface area contributed by atoms with Crippen LogP contribution in [0.1, 0.15) is 34.5 Å². The van der Waals surface area contributed by atoms with Gasteiger partial charge in [-0.25, -0.2) is 4.52 Å². The number of nitrogens with zero attached hydrogens (tertiary/aromatic N) is 2. The molecule has 0 atom stereocenters. The Kier molecular flexibility index (Phi) is 5.35. The lowest BCUT2D eigenvalue weighted by Gasteiger charge is -2.31. The fourth-order valence-corrected chi connectivity index (χ4v) is 3.56. The molecule has 1 aliphatic rings. The Bertz CT molecular complexity index is 978. The van der Waals surface area contributed by atoms with Crippen LogP contribution in [0.25, 0.3) is 5.52 Å². The molecule has 2 N–H and O–H groups in total. The van der Waals surface area contributed by atoms with Gasteiger partial charge in [0, 0.05) is 43.8 Å². The number of nitrogens with one attached hydrogen (secondary N) is 1. The summed E-state index contributed by atoms with van der Waals surface area (Å²) >= 11 is 5.97. The molecule has 0 bridgehead atoms. The molecule has 6 nitrogen and oxygen atoms in total. The van der Waals surface area contributed by atoms with E-state index in [1.54, 1.807) is 4.52 Å². The van der Waals surface area contributed by atoms with Crippen LogP contribution in [-0.2, 0) is 11.2 Å². The molecule has 1 aromatic carbocycles. The van der Waals surface area contributed by atoms with E-state index >= 15 is 0 Å². The molecule has 4 rings (SSSR count). The van der Waals surface area contributed by atoms with Gasteiger partial charge in [-0.2, -0.15) is 5.10 Å². The number of carbonyl (C=O) groups is 1. The van der Waals surface area contributed by atoms with Crippen molar-refractivity contribution >= 4 is 23.0 Å². The van der Waals surface area contributed by atoms with Crippen LogP contribution in [0, 0.1) is 0 Å². The van der Waals surface area contributed by atoms with Crippen LogP contribution in [0.5, 0.6) is 0 Å². The number of hydrogen-bond acceptors (Lipinski definition) is 4. The average Bonchev–Trinajstić information content (AvgIpc) is 3.17. The van der Waals surface area contributed by atoms with Crippen LogP contribution >= 0.6 is 11.6 Å². The number of hydrogen-bond donors (Lipinski definition) is 2. The fourth-order valence-electron chi connectivity index (χ4n) is 3.44. The molecule has 7 heteroatoms. The number of fused-ring (bicyclic) bond motifs is 1. The number of benzene rings is 1. The summed E-state index contributed by atoms with van der Waals surface area (Å²) in [7, 11) is 0. The van der Waals surface area contributed by atoms with Gasteiger partial charge in [-0.15, -0.1) is 0 Å². The van der Waals surface area contributed by atoms with Crippen LogP contribution in [-0.4, -0.2) is 46.0 Å². The van der Waals surface area contributed by atoms with Crippen LogP contribution in [0.2, 0.25) is 5.02 Å². The molecule has 0 aliphatic carbocycles. The van der Waals surface area contributed by atoms with Crippen LogP contribution in [0.4, 0.5) is 0 Å². The summed E-state index contributed by atoms with van der Waals surface area (Å²) in [5.41, 5.74) is 2.45. The normalized spacial score (nSPS) is 16.2. The maximum Gasteiger partial charge on any atom is 0.271 e. The molecule has 146 valence electrons. The monoisotopic (exact) mass is 399 g/mol. The molecule has 1 amide bonds. The van der Waals surface area contributed by atoms with Gasteiger partial charge >= 0.3 is 0 Å². The van der Waals surface area contributed by atoms with Crippen LogP contribution < -0.4 is 5.32 Å². The smallest absolute Gasteiger partial charge is 0.271 e. The maximum atomic E-state index is 12.7. The van der Waals surface area contributed by atoms with E-state index < -0.39 is 5.60 Å². The molecular weight excluding hydrogens is 378 g/mol. The third-order valence-electron chi connectivity index (χ3n) is 5.13. The number of rotatable bonds is 5. The number of aromatic nitrogens is 2. The Labute approximate surface area is 168 Å². The SMILES string of the molecule is O=C(NCC1(O)CCOCC1)c1cc(Cc2ccc(Cl)cc2)c2cccn2n1. The molecule has 0 unspecified atom stereocenters. The molecule has 1 saturated heterocycles. The lowest BCUT2D eigenvalue weighted by atomic mass is 9.94. The highest BCUT2D eigenvalue weighted by Gasteiger charge is 2.30. The van der Waals surface area contributed by atoms with E-state index in [1.165, 1.54) is 0 Å².